The van der Waals surface area contributed by atoms with Crippen LogP contribution in [0, 0.1) is 0 Å². The summed E-state index contributed by atoms with van der Waals surface area (Å²) in [6.07, 6.45) is 2.85. The van der Waals surface area contributed by atoms with Crippen molar-refractivity contribution < 1.29 is 9.90 Å². The van der Waals surface area contributed by atoms with Crippen molar-refractivity contribution in [1.82, 2.24) is 0 Å². The Balaban J connectivity index is 2.35. The lowest BCUT2D eigenvalue weighted by molar-refractivity contribution is -0.131. The molecule has 1 heterocycles. The van der Waals surface area contributed by atoms with Crippen molar-refractivity contribution in [2.24, 2.45) is 0 Å². The highest BCUT2D eigenvalue weighted by atomic mass is 79.9. The molecule has 1 unspecified atom stereocenters. The number of aliphatic carboxylic acids is 1. The summed E-state index contributed by atoms with van der Waals surface area (Å²) in [5, 5.41) is 8.78. The molecule has 1 atom stereocenters. The van der Waals surface area contributed by atoms with Gasteiger partial charge in [0.15, 0.2) is 0 Å². The molecule has 0 bridgehead atoms. The van der Waals surface area contributed by atoms with E-state index in [0.29, 0.717) is 6.04 Å². The number of thioether (sulfide) groups is 1. The van der Waals surface area contributed by atoms with E-state index in [0.717, 1.165) is 33.8 Å². The van der Waals surface area contributed by atoms with Crippen LogP contribution in [0.25, 0.3) is 6.08 Å². The fourth-order valence-electron chi connectivity index (χ4n) is 2.17. The third kappa shape index (κ3) is 3.76. The van der Waals surface area contributed by atoms with Crippen molar-refractivity contribution in [3.8, 4) is 0 Å². The summed E-state index contributed by atoms with van der Waals surface area (Å²) in [6, 6.07) is 6.49. The molecule has 0 aromatic heterocycles. The van der Waals surface area contributed by atoms with Crippen molar-refractivity contribution in [1.29, 1.82) is 0 Å². The SMILES string of the molecule is CC1CSCCN1c1ccc(Br)cc1/C=C/C(=O)O. The smallest absolute Gasteiger partial charge is 0.328 e. The molecule has 1 aromatic rings. The lowest BCUT2D eigenvalue weighted by Gasteiger charge is -2.36. The van der Waals surface area contributed by atoms with E-state index in [1.54, 1.807) is 6.08 Å². The van der Waals surface area contributed by atoms with Crippen LogP contribution in [0.3, 0.4) is 0 Å². The van der Waals surface area contributed by atoms with E-state index in [4.69, 9.17) is 5.11 Å². The number of carboxylic acids is 1. The van der Waals surface area contributed by atoms with Crippen molar-refractivity contribution in [2.45, 2.75) is 13.0 Å². The first kappa shape index (κ1) is 14.5. The van der Waals surface area contributed by atoms with Gasteiger partial charge in [-0.05, 0) is 36.8 Å². The number of rotatable bonds is 3. The Morgan fingerprint density at radius 2 is 2.37 bits per heavy atom. The Labute approximate surface area is 125 Å². The first-order valence-corrected chi connectivity index (χ1v) is 8.07. The summed E-state index contributed by atoms with van der Waals surface area (Å²) in [5.41, 5.74) is 2.05. The molecule has 0 spiro atoms. The van der Waals surface area contributed by atoms with Crippen LogP contribution in [0.4, 0.5) is 5.69 Å². The highest BCUT2D eigenvalue weighted by Gasteiger charge is 2.20. The first-order chi connectivity index (χ1) is 9.08. The molecule has 0 aliphatic carbocycles. The van der Waals surface area contributed by atoms with Gasteiger partial charge < -0.3 is 10.0 Å². The third-order valence-electron chi connectivity index (χ3n) is 3.07. The van der Waals surface area contributed by atoms with Gasteiger partial charge in [-0.3, -0.25) is 0 Å². The second kappa shape index (κ2) is 6.48. The monoisotopic (exact) mass is 341 g/mol. The molecule has 1 aliphatic rings. The van der Waals surface area contributed by atoms with Gasteiger partial charge in [-0.1, -0.05) is 15.9 Å². The van der Waals surface area contributed by atoms with Crippen LogP contribution in [-0.2, 0) is 4.79 Å². The first-order valence-electron chi connectivity index (χ1n) is 6.13. The van der Waals surface area contributed by atoms with Gasteiger partial charge in [-0.2, -0.15) is 11.8 Å². The predicted octanol–water partition coefficient (Wildman–Crippen LogP) is 3.49. The average Bonchev–Trinajstić information content (AvgIpc) is 2.37. The van der Waals surface area contributed by atoms with Crippen molar-refractivity contribution in [3.63, 3.8) is 0 Å². The molecule has 5 heteroatoms. The zero-order chi connectivity index (χ0) is 13.8. The summed E-state index contributed by atoms with van der Waals surface area (Å²) in [6.45, 7) is 3.21. The Bertz CT molecular complexity index is 504. The highest BCUT2D eigenvalue weighted by Crippen LogP contribution is 2.30. The number of anilines is 1. The molecule has 3 nitrogen and oxygen atoms in total. The molecule has 2 rings (SSSR count). The number of nitrogens with zero attached hydrogens (tertiary/aromatic N) is 1. The van der Waals surface area contributed by atoms with E-state index in [1.807, 2.05) is 23.9 Å². The molecular weight excluding hydrogens is 326 g/mol. The molecule has 0 radical (unpaired) electrons. The minimum absolute atomic E-state index is 0.469. The second-order valence-corrected chi connectivity index (χ2v) is 6.56. The lowest BCUT2D eigenvalue weighted by atomic mass is 10.1. The quantitative estimate of drug-likeness (QED) is 0.854. The van der Waals surface area contributed by atoms with Gasteiger partial charge in [0.25, 0.3) is 0 Å². The number of benzene rings is 1. The van der Waals surface area contributed by atoms with Gasteiger partial charge in [-0.15, -0.1) is 0 Å². The molecule has 19 heavy (non-hydrogen) atoms. The van der Waals surface area contributed by atoms with E-state index >= 15 is 0 Å². The number of hydrogen-bond donors (Lipinski definition) is 1. The van der Waals surface area contributed by atoms with E-state index in [2.05, 4.69) is 33.8 Å². The molecule has 1 aliphatic heterocycles. The third-order valence-corrected chi connectivity index (χ3v) is 4.75. The molecule has 102 valence electrons. The Morgan fingerprint density at radius 3 is 3.05 bits per heavy atom. The van der Waals surface area contributed by atoms with E-state index < -0.39 is 5.97 Å². The maximum atomic E-state index is 10.7. The van der Waals surface area contributed by atoms with E-state index in [-0.39, 0.29) is 0 Å². The van der Waals surface area contributed by atoms with Crippen LogP contribution in [0.15, 0.2) is 28.7 Å². The maximum Gasteiger partial charge on any atom is 0.328 e. The number of hydrogen-bond acceptors (Lipinski definition) is 3. The fourth-order valence-corrected chi connectivity index (χ4v) is 3.56. The molecule has 1 N–H and O–H groups in total. The molecule has 1 saturated heterocycles. The fraction of sp³-hybridized carbons (Fsp3) is 0.357. The van der Waals surface area contributed by atoms with E-state index in [9.17, 15) is 4.79 Å². The molecule has 1 aromatic carbocycles. The zero-order valence-corrected chi connectivity index (χ0v) is 13.1. The van der Waals surface area contributed by atoms with Gasteiger partial charge in [0.05, 0.1) is 0 Å². The van der Waals surface area contributed by atoms with Crippen molar-refractivity contribution in [3.05, 3.63) is 34.3 Å². The minimum atomic E-state index is -0.923. The molecule has 1 fully saturated rings. The zero-order valence-electron chi connectivity index (χ0n) is 10.7. The van der Waals surface area contributed by atoms with Crippen LogP contribution < -0.4 is 4.90 Å². The van der Waals surface area contributed by atoms with Crippen LogP contribution in [0.5, 0.6) is 0 Å². The summed E-state index contributed by atoms with van der Waals surface area (Å²) >= 11 is 5.40. The number of halogens is 1. The van der Waals surface area contributed by atoms with Crippen LogP contribution in [0.2, 0.25) is 0 Å². The van der Waals surface area contributed by atoms with Gasteiger partial charge in [0.2, 0.25) is 0 Å². The molecular formula is C14H16BrNO2S. The minimum Gasteiger partial charge on any atom is -0.478 e. The van der Waals surface area contributed by atoms with Gasteiger partial charge >= 0.3 is 5.97 Å². The topological polar surface area (TPSA) is 40.5 Å². The maximum absolute atomic E-state index is 10.7. The Morgan fingerprint density at radius 1 is 1.58 bits per heavy atom. The average molecular weight is 342 g/mol. The van der Waals surface area contributed by atoms with Crippen molar-refractivity contribution >= 4 is 45.4 Å². The molecule has 0 amide bonds. The summed E-state index contributed by atoms with van der Waals surface area (Å²) in [4.78, 5) is 13.0. The largest absolute Gasteiger partial charge is 0.478 e. The van der Waals surface area contributed by atoms with Gasteiger partial charge in [0.1, 0.15) is 0 Å². The van der Waals surface area contributed by atoms with Crippen molar-refractivity contribution in [2.75, 3.05) is 23.0 Å². The van der Waals surface area contributed by atoms with E-state index in [1.165, 1.54) is 6.08 Å². The number of carboxylic acid groups (broad SMARTS) is 1. The lowest BCUT2D eigenvalue weighted by Crippen LogP contribution is -2.40. The second-order valence-electron chi connectivity index (χ2n) is 4.49. The van der Waals surface area contributed by atoms with Crippen LogP contribution >= 0.6 is 27.7 Å². The Hall–Kier alpha value is -0.940. The molecule has 0 saturated carbocycles. The number of carbonyl (C=O) groups is 1. The predicted molar refractivity (Wildman–Crippen MR) is 84.9 cm³/mol. The normalized spacial score (nSPS) is 19.9. The summed E-state index contributed by atoms with van der Waals surface area (Å²) in [5.74, 6) is 1.30. The summed E-state index contributed by atoms with van der Waals surface area (Å²) < 4.78 is 0.959. The standard InChI is InChI=1S/C14H16BrNO2S/c1-10-9-19-7-6-16(10)13-4-3-12(15)8-11(13)2-5-14(17)18/h2-5,8,10H,6-7,9H2,1H3,(H,17,18)/b5-2+. The highest BCUT2D eigenvalue weighted by molar-refractivity contribution is 9.10. The van der Waals surface area contributed by atoms with Crippen LogP contribution in [-0.4, -0.2) is 35.2 Å². The van der Waals surface area contributed by atoms with Gasteiger partial charge in [0, 0.05) is 40.3 Å². The van der Waals surface area contributed by atoms with Gasteiger partial charge in [-0.25, -0.2) is 4.79 Å². The van der Waals surface area contributed by atoms with Crippen LogP contribution in [0.1, 0.15) is 12.5 Å². The summed E-state index contributed by atoms with van der Waals surface area (Å²) in [7, 11) is 0. The Kier molecular flexibility index (Phi) is 4.93.